The molecule has 0 unspecified atom stereocenters. The second-order valence-electron chi connectivity index (χ2n) is 6.15. The van der Waals surface area contributed by atoms with Crippen molar-refractivity contribution in [3.63, 3.8) is 0 Å². The van der Waals surface area contributed by atoms with Crippen LogP contribution in [0.25, 0.3) is 0 Å². The Morgan fingerprint density at radius 1 is 1.04 bits per heavy atom. The molecule has 0 atom stereocenters. The average molecular weight is 326 g/mol. The number of non-ortho nitro benzene ring substituents is 1. The molecule has 0 bridgehead atoms. The molecule has 0 spiro atoms. The number of hydrogen-bond donors (Lipinski definition) is 0. The van der Waals surface area contributed by atoms with E-state index in [1.807, 2.05) is 6.07 Å². The Morgan fingerprint density at radius 3 is 2.33 bits per heavy atom. The topological polar surface area (TPSA) is 55.6 Å². The molecule has 5 heteroatoms. The Morgan fingerprint density at radius 2 is 1.71 bits per heavy atom. The molecule has 3 rings (SSSR count). The SMILES string of the molecule is O=[N+]([O-])c1ccc(OC2CCN(CCc3ccccc3)CC2)cc1. The molecule has 24 heavy (non-hydrogen) atoms. The molecule has 0 N–H and O–H groups in total. The third-order valence-corrected chi connectivity index (χ3v) is 4.44. The van der Waals surface area contributed by atoms with Gasteiger partial charge in [-0.2, -0.15) is 0 Å². The van der Waals surface area contributed by atoms with Crippen molar-refractivity contribution < 1.29 is 9.66 Å². The summed E-state index contributed by atoms with van der Waals surface area (Å²) in [6.45, 7) is 3.14. The molecule has 0 radical (unpaired) electrons. The molecule has 1 aliphatic rings. The van der Waals surface area contributed by atoms with E-state index in [1.54, 1.807) is 12.1 Å². The number of rotatable bonds is 6. The summed E-state index contributed by atoms with van der Waals surface area (Å²) in [6, 6.07) is 16.9. The molecule has 2 aromatic rings. The van der Waals surface area contributed by atoms with Gasteiger partial charge in [-0.05, 0) is 37.0 Å². The largest absolute Gasteiger partial charge is 0.490 e. The Bertz CT molecular complexity index is 650. The highest BCUT2D eigenvalue weighted by Crippen LogP contribution is 2.22. The van der Waals surface area contributed by atoms with E-state index in [9.17, 15) is 10.1 Å². The van der Waals surface area contributed by atoms with Gasteiger partial charge in [0.05, 0.1) is 4.92 Å². The van der Waals surface area contributed by atoms with Crippen molar-refractivity contribution in [3.05, 3.63) is 70.3 Å². The van der Waals surface area contributed by atoms with Crippen LogP contribution in [-0.2, 0) is 6.42 Å². The van der Waals surface area contributed by atoms with E-state index in [0.717, 1.165) is 38.9 Å². The molecule has 1 saturated heterocycles. The van der Waals surface area contributed by atoms with Crippen LogP contribution in [0, 0.1) is 10.1 Å². The van der Waals surface area contributed by atoms with Gasteiger partial charge in [-0.15, -0.1) is 0 Å². The van der Waals surface area contributed by atoms with E-state index >= 15 is 0 Å². The van der Waals surface area contributed by atoms with Crippen molar-refractivity contribution in [2.24, 2.45) is 0 Å². The van der Waals surface area contributed by atoms with Crippen LogP contribution in [-0.4, -0.2) is 35.6 Å². The molecule has 126 valence electrons. The summed E-state index contributed by atoms with van der Waals surface area (Å²) < 4.78 is 5.95. The highest BCUT2D eigenvalue weighted by Gasteiger charge is 2.20. The quantitative estimate of drug-likeness (QED) is 0.600. The maximum absolute atomic E-state index is 10.7. The van der Waals surface area contributed by atoms with Gasteiger partial charge in [-0.1, -0.05) is 30.3 Å². The molecule has 1 heterocycles. The van der Waals surface area contributed by atoms with Gasteiger partial charge in [-0.25, -0.2) is 0 Å². The number of nitro groups is 1. The van der Waals surface area contributed by atoms with Crippen molar-refractivity contribution in [2.75, 3.05) is 19.6 Å². The van der Waals surface area contributed by atoms with Crippen molar-refractivity contribution in [1.29, 1.82) is 0 Å². The van der Waals surface area contributed by atoms with Gasteiger partial charge in [0.15, 0.2) is 0 Å². The molecular formula is C19H22N2O3. The van der Waals surface area contributed by atoms with Gasteiger partial charge in [0, 0.05) is 31.8 Å². The monoisotopic (exact) mass is 326 g/mol. The van der Waals surface area contributed by atoms with E-state index in [0.29, 0.717) is 5.75 Å². The lowest BCUT2D eigenvalue weighted by atomic mass is 10.1. The fourth-order valence-electron chi connectivity index (χ4n) is 3.02. The number of piperidine rings is 1. The van der Waals surface area contributed by atoms with Crippen molar-refractivity contribution in [2.45, 2.75) is 25.4 Å². The summed E-state index contributed by atoms with van der Waals surface area (Å²) in [6.07, 6.45) is 3.26. The third-order valence-electron chi connectivity index (χ3n) is 4.44. The number of nitro benzene ring substituents is 1. The first kappa shape index (κ1) is 16.5. The zero-order chi connectivity index (χ0) is 16.8. The zero-order valence-electron chi connectivity index (χ0n) is 13.6. The molecular weight excluding hydrogens is 304 g/mol. The fourth-order valence-corrected chi connectivity index (χ4v) is 3.02. The maximum Gasteiger partial charge on any atom is 0.269 e. The molecule has 2 aromatic carbocycles. The van der Waals surface area contributed by atoms with Crippen LogP contribution in [0.4, 0.5) is 5.69 Å². The number of hydrogen-bond acceptors (Lipinski definition) is 4. The molecule has 0 saturated carbocycles. The van der Waals surface area contributed by atoms with Gasteiger partial charge in [-0.3, -0.25) is 10.1 Å². The summed E-state index contributed by atoms with van der Waals surface area (Å²) in [5.41, 5.74) is 1.47. The van der Waals surface area contributed by atoms with Gasteiger partial charge in [0.1, 0.15) is 11.9 Å². The normalized spacial score (nSPS) is 16.0. The summed E-state index contributed by atoms with van der Waals surface area (Å²) in [7, 11) is 0. The Balaban J connectivity index is 1.42. The van der Waals surface area contributed by atoms with Crippen molar-refractivity contribution >= 4 is 5.69 Å². The van der Waals surface area contributed by atoms with Crippen LogP contribution < -0.4 is 4.74 Å². The Kier molecular flexibility index (Phi) is 5.43. The van der Waals surface area contributed by atoms with Crippen LogP contribution in [0.1, 0.15) is 18.4 Å². The minimum absolute atomic E-state index is 0.0954. The molecule has 1 aliphatic heterocycles. The summed E-state index contributed by atoms with van der Waals surface area (Å²) in [5.74, 6) is 0.711. The Hall–Kier alpha value is -2.40. The standard InChI is InChI=1S/C19H22N2O3/c22-21(23)17-6-8-18(9-7-17)24-19-11-14-20(15-12-19)13-10-16-4-2-1-3-5-16/h1-9,19H,10-15H2. The van der Waals surface area contributed by atoms with Gasteiger partial charge < -0.3 is 9.64 Å². The molecule has 0 aliphatic carbocycles. The number of ether oxygens (including phenoxy) is 1. The van der Waals surface area contributed by atoms with Gasteiger partial charge >= 0.3 is 0 Å². The maximum atomic E-state index is 10.7. The molecule has 1 fully saturated rings. The Labute approximate surface area is 142 Å². The van der Waals surface area contributed by atoms with E-state index < -0.39 is 4.92 Å². The van der Waals surface area contributed by atoms with Crippen molar-refractivity contribution in [3.8, 4) is 5.75 Å². The highest BCUT2D eigenvalue weighted by molar-refractivity contribution is 5.36. The van der Waals surface area contributed by atoms with Gasteiger partial charge in [0.25, 0.3) is 5.69 Å². The van der Waals surface area contributed by atoms with E-state index in [-0.39, 0.29) is 11.8 Å². The first-order valence-corrected chi connectivity index (χ1v) is 8.38. The third kappa shape index (κ3) is 4.55. The lowest BCUT2D eigenvalue weighted by molar-refractivity contribution is -0.384. The molecule has 5 nitrogen and oxygen atoms in total. The number of likely N-dealkylation sites (tertiary alicyclic amines) is 1. The second kappa shape index (κ2) is 7.93. The van der Waals surface area contributed by atoms with Crippen LogP contribution >= 0.6 is 0 Å². The van der Waals surface area contributed by atoms with Crippen LogP contribution in [0.15, 0.2) is 54.6 Å². The summed E-state index contributed by atoms with van der Waals surface area (Å²) in [4.78, 5) is 12.7. The summed E-state index contributed by atoms with van der Waals surface area (Å²) in [5, 5.41) is 10.7. The smallest absolute Gasteiger partial charge is 0.269 e. The zero-order valence-corrected chi connectivity index (χ0v) is 13.6. The first-order chi connectivity index (χ1) is 11.7. The van der Waals surface area contributed by atoms with Crippen LogP contribution in [0.3, 0.4) is 0 Å². The number of nitrogens with zero attached hydrogens (tertiary/aromatic N) is 2. The first-order valence-electron chi connectivity index (χ1n) is 8.38. The predicted octanol–water partition coefficient (Wildman–Crippen LogP) is 3.68. The fraction of sp³-hybridized carbons (Fsp3) is 0.368. The number of benzene rings is 2. The summed E-state index contributed by atoms with van der Waals surface area (Å²) >= 11 is 0. The lowest BCUT2D eigenvalue weighted by Gasteiger charge is -2.32. The molecule has 0 amide bonds. The van der Waals surface area contributed by atoms with Crippen molar-refractivity contribution in [1.82, 2.24) is 4.90 Å². The van der Waals surface area contributed by atoms with Crippen LogP contribution in [0.2, 0.25) is 0 Å². The highest BCUT2D eigenvalue weighted by atomic mass is 16.6. The average Bonchev–Trinajstić information content (AvgIpc) is 2.62. The predicted molar refractivity (Wildman–Crippen MR) is 93.3 cm³/mol. The minimum atomic E-state index is -0.394. The lowest BCUT2D eigenvalue weighted by Crippen LogP contribution is -2.39. The minimum Gasteiger partial charge on any atom is -0.490 e. The van der Waals surface area contributed by atoms with E-state index in [4.69, 9.17) is 4.74 Å². The van der Waals surface area contributed by atoms with Crippen LogP contribution in [0.5, 0.6) is 5.75 Å². The van der Waals surface area contributed by atoms with E-state index in [1.165, 1.54) is 17.7 Å². The molecule has 0 aromatic heterocycles. The van der Waals surface area contributed by atoms with Gasteiger partial charge in [0.2, 0.25) is 0 Å². The second-order valence-corrected chi connectivity index (χ2v) is 6.15. The van der Waals surface area contributed by atoms with E-state index in [2.05, 4.69) is 29.2 Å².